The minimum absolute atomic E-state index is 0.0880. The monoisotopic (exact) mass is 265 g/mol. The van der Waals surface area contributed by atoms with Crippen LogP contribution in [0, 0.1) is 0 Å². The number of hydrogen-bond acceptors (Lipinski definition) is 4. The summed E-state index contributed by atoms with van der Waals surface area (Å²) in [6.07, 6.45) is 0.0880. The summed E-state index contributed by atoms with van der Waals surface area (Å²) in [5.41, 5.74) is 5.83. The first-order chi connectivity index (χ1) is 8.70. The van der Waals surface area contributed by atoms with E-state index in [-0.39, 0.29) is 6.42 Å². The van der Waals surface area contributed by atoms with Crippen molar-refractivity contribution < 1.29 is 19.4 Å². The molecule has 5 heteroatoms. The Kier molecular flexibility index (Phi) is 4.67. The molecule has 0 spiro atoms. The zero-order valence-electron chi connectivity index (χ0n) is 11.3. The van der Waals surface area contributed by atoms with E-state index in [1.807, 2.05) is 0 Å². The van der Waals surface area contributed by atoms with Crippen molar-refractivity contribution in [3.05, 3.63) is 35.4 Å². The molecule has 1 aromatic carbocycles. The van der Waals surface area contributed by atoms with Crippen molar-refractivity contribution in [1.82, 2.24) is 0 Å². The number of aliphatic carboxylic acids is 1. The summed E-state index contributed by atoms with van der Waals surface area (Å²) in [6.45, 7) is 5.32. The van der Waals surface area contributed by atoms with E-state index in [2.05, 4.69) is 0 Å². The second-order valence-electron chi connectivity index (χ2n) is 5.31. The van der Waals surface area contributed by atoms with Crippen molar-refractivity contribution in [1.29, 1.82) is 0 Å². The first-order valence-electron chi connectivity index (χ1n) is 6.00. The normalized spacial score (nSPS) is 12.8. The van der Waals surface area contributed by atoms with Crippen molar-refractivity contribution in [2.24, 2.45) is 5.73 Å². The number of hydrogen-bond donors (Lipinski definition) is 2. The van der Waals surface area contributed by atoms with Crippen molar-refractivity contribution in [2.45, 2.75) is 38.8 Å². The molecule has 0 fully saturated rings. The minimum atomic E-state index is -1.10. The van der Waals surface area contributed by atoms with Gasteiger partial charge < -0.3 is 15.6 Å². The summed E-state index contributed by atoms with van der Waals surface area (Å²) in [6, 6.07) is 5.69. The van der Waals surface area contributed by atoms with Crippen LogP contribution in [0.3, 0.4) is 0 Å². The molecule has 0 heterocycles. The van der Waals surface area contributed by atoms with Crippen LogP contribution in [-0.2, 0) is 16.0 Å². The van der Waals surface area contributed by atoms with Crippen LogP contribution < -0.4 is 5.73 Å². The molecule has 1 rings (SSSR count). The Morgan fingerprint density at radius 3 is 2.42 bits per heavy atom. The third kappa shape index (κ3) is 4.71. The van der Waals surface area contributed by atoms with Gasteiger partial charge in [-0.25, -0.2) is 4.79 Å². The van der Waals surface area contributed by atoms with Gasteiger partial charge in [-0.1, -0.05) is 18.2 Å². The van der Waals surface area contributed by atoms with Crippen molar-refractivity contribution >= 4 is 11.9 Å². The van der Waals surface area contributed by atoms with E-state index in [9.17, 15) is 9.59 Å². The molecule has 0 saturated carbocycles. The number of ether oxygens (including phenoxy) is 1. The molecule has 0 saturated heterocycles. The number of esters is 1. The molecule has 1 atom stereocenters. The number of carbonyl (C=O) groups excluding carboxylic acids is 1. The quantitative estimate of drug-likeness (QED) is 0.807. The second-order valence-corrected chi connectivity index (χ2v) is 5.31. The molecule has 0 aliphatic carbocycles. The maximum absolute atomic E-state index is 12.0. The van der Waals surface area contributed by atoms with Gasteiger partial charge in [-0.2, -0.15) is 0 Å². The van der Waals surface area contributed by atoms with Gasteiger partial charge in [0.2, 0.25) is 0 Å². The highest BCUT2D eigenvalue weighted by Crippen LogP contribution is 2.16. The zero-order valence-corrected chi connectivity index (χ0v) is 11.3. The van der Waals surface area contributed by atoms with Gasteiger partial charge in [0, 0.05) is 0 Å². The maximum atomic E-state index is 12.0. The van der Waals surface area contributed by atoms with Crippen LogP contribution in [-0.4, -0.2) is 28.7 Å². The fourth-order valence-corrected chi connectivity index (χ4v) is 1.55. The van der Waals surface area contributed by atoms with Gasteiger partial charge in [-0.05, 0) is 38.8 Å². The number of carboxylic acids is 1. The topological polar surface area (TPSA) is 89.6 Å². The van der Waals surface area contributed by atoms with E-state index in [0.717, 1.165) is 0 Å². The van der Waals surface area contributed by atoms with Gasteiger partial charge in [0.25, 0.3) is 0 Å². The Hall–Kier alpha value is -1.88. The average Bonchev–Trinajstić information content (AvgIpc) is 2.27. The van der Waals surface area contributed by atoms with Crippen molar-refractivity contribution in [2.75, 3.05) is 0 Å². The molecule has 5 nitrogen and oxygen atoms in total. The predicted octanol–water partition coefficient (Wildman–Crippen LogP) is 1.60. The lowest BCUT2D eigenvalue weighted by Gasteiger charge is -2.20. The highest BCUT2D eigenvalue weighted by molar-refractivity contribution is 5.91. The fraction of sp³-hybridized carbons (Fsp3) is 0.429. The molecular formula is C14H19NO4. The molecule has 0 aliphatic rings. The molecule has 1 aromatic rings. The minimum Gasteiger partial charge on any atom is -0.480 e. The molecule has 0 unspecified atom stereocenters. The van der Waals surface area contributed by atoms with Gasteiger partial charge >= 0.3 is 11.9 Å². The standard InChI is InChI=1S/C14H19NO4/c1-14(2,3)19-13(18)10-7-5-4-6-9(10)8-11(15)12(16)17/h4-7,11H,8,15H2,1-3H3,(H,16,17)/t11-/m0/s1. The van der Waals surface area contributed by atoms with Gasteiger partial charge in [0.05, 0.1) is 5.56 Å². The molecule has 0 aliphatic heterocycles. The maximum Gasteiger partial charge on any atom is 0.338 e. The third-order valence-corrected chi connectivity index (χ3v) is 2.39. The lowest BCUT2D eigenvalue weighted by Crippen LogP contribution is -2.33. The molecule has 19 heavy (non-hydrogen) atoms. The van der Waals surface area contributed by atoms with E-state index in [1.54, 1.807) is 45.0 Å². The molecule has 104 valence electrons. The molecule has 0 bridgehead atoms. The van der Waals surface area contributed by atoms with Gasteiger partial charge in [0.1, 0.15) is 11.6 Å². The van der Waals surface area contributed by atoms with Crippen LogP contribution in [0.4, 0.5) is 0 Å². The highest BCUT2D eigenvalue weighted by Gasteiger charge is 2.22. The van der Waals surface area contributed by atoms with Gasteiger partial charge in [-0.15, -0.1) is 0 Å². The van der Waals surface area contributed by atoms with Gasteiger partial charge in [0.15, 0.2) is 0 Å². The Morgan fingerprint density at radius 2 is 1.89 bits per heavy atom. The highest BCUT2D eigenvalue weighted by atomic mass is 16.6. The summed E-state index contributed by atoms with van der Waals surface area (Å²) >= 11 is 0. The van der Waals surface area contributed by atoms with Crippen LogP contribution in [0.2, 0.25) is 0 Å². The smallest absolute Gasteiger partial charge is 0.338 e. The van der Waals surface area contributed by atoms with E-state index in [0.29, 0.717) is 11.1 Å². The van der Waals surface area contributed by atoms with Crippen LogP contribution in [0.25, 0.3) is 0 Å². The van der Waals surface area contributed by atoms with Crippen LogP contribution >= 0.6 is 0 Å². The number of carboxylic acid groups (broad SMARTS) is 1. The average molecular weight is 265 g/mol. The van der Waals surface area contributed by atoms with E-state index < -0.39 is 23.6 Å². The SMILES string of the molecule is CC(C)(C)OC(=O)c1ccccc1C[C@H](N)C(=O)O. The third-order valence-electron chi connectivity index (χ3n) is 2.39. The molecule has 3 N–H and O–H groups in total. The molecular weight excluding hydrogens is 246 g/mol. The Labute approximate surface area is 112 Å². The van der Waals surface area contributed by atoms with Crippen molar-refractivity contribution in [3.8, 4) is 0 Å². The predicted molar refractivity (Wildman–Crippen MR) is 70.9 cm³/mol. The summed E-state index contributed by atoms with van der Waals surface area (Å²) in [5, 5.41) is 8.82. The number of carbonyl (C=O) groups is 2. The molecule has 0 radical (unpaired) electrons. The first kappa shape index (κ1) is 15.2. The Bertz CT molecular complexity index is 477. The van der Waals surface area contributed by atoms with Crippen LogP contribution in [0.15, 0.2) is 24.3 Å². The summed E-state index contributed by atoms with van der Waals surface area (Å²) in [4.78, 5) is 22.8. The van der Waals surface area contributed by atoms with Crippen LogP contribution in [0.5, 0.6) is 0 Å². The largest absolute Gasteiger partial charge is 0.480 e. The number of benzene rings is 1. The lowest BCUT2D eigenvalue weighted by atomic mass is 10.0. The summed E-state index contributed by atoms with van der Waals surface area (Å²) < 4.78 is 5.28. The van der Waals surface area contributed by atoms with Crippen molar-refractivity contribution in [3.63, 3.8) is 0 Å². The Morgan fingerprint density at radius 1 is 1.32 bits per heavy atom. The number of rotatable bonds is 4. The first-order valence-corrected chi connectivity index (χ1v) is 6.00. The number of nitrogens with two attached hydrogens (primary N) is 1. The summed E-state index contributed by atoms with van der Waals surface area (Å²) in [5.74, 6) is -1.57. The lowest BCUT2D eigenvalue weighted by molar-refractivity contribution is -0.138. The van der Waals surface area contributed by atoms with Gasteiger partial charge in [-0.3, -0.25) is 4.79 Å². The Balaban J connectivity index is 2.96. The van der Waals surface area contributed by atoms with E-state index in [4.69, 9.17) is 15.6 Å². The zero-order chi connectivity index (χ0) is 14.6. The summed E-state index contributed by atoms with van der Waals surface area (Å²) in [7, 11) is 0. The van der Waals surface area contributed by atoms with E-state index >= 15 is 0 Å². The van der Waals surface area contributed by atoms with Crippen LogP contribution in [0.1, 0.15) is 36.7 Å². The van der Waals surface area contributed by atoms with E-state index in [1.165, 1.54) is 0 Å². The molecule has 0 aromatic heterocycles. The molecule has 0 amide bonds. The fourth-order valence-electron chi connectivity index (χ4n) is 1.55. The second kappa shape index (κ2) is 5.84.